The SMILES string of the molecule is O=C(Nc1ccc(N2CCCC2)cc1)c1ccc(N2CCCCC2)nc1. The molecular formula is C21H26N4O. The maximum absolute atomic E-state index is 12.5. The minimum absolute atomic E-state index is 0.114. The number of anilines is 3. The monoisotopic (exact) mass is 350 g/mol. The quantitative estimate of drug-likeness (QED) is 0.908. The molecule has 0 aliphatic carbocycles. The van der Waals surface area contributed by atoms with Crippen molar-refractivity contribution in [1.82, 2.24) is 4.98 Å². The Bertz CT molecular complexity index is 730. The van der Waals surface area contributed by atoms with Gasteiger partial charge in [-0.15, -0.1) is 0 Å². The van der Waals surface area contributed by atoms with E-state index in [1.807, 2.05) is 24.3 Å². The Morgan fingerprint density at radius 2 is 1.46 bits per heavy atom. The zero-order chi connectivity index (χ0) is 17.8. The number of amides is 1. The second-order valence-corrected chi connectivity index (χ2v) is 7.15. The van der Waals surface area contributed by atoms with E-state index < -0.39 is 0 Å². The molecule has 0 atom stereocenters. The fourth-order valence-corrected chi connectivity index (χ4v) is 3.76. The number of pyridine rings is 1. The average molecular weight is 350 g/mol. The first kappa shape index (κ1) is 16.9. The van der Waals surface area contributed by atoms with Crippen LogP contribution in [0.3, 0.4) is 0 Å². The summed E-state index contributed by atoms with van der Waals surface area (Å²) in [5, 5.41) is 2.96. The van der Waals surface area contributed by atoms with Gasteiger partial charge in [-0.1, -0.05) is 0 Å². The number of nitrogens with one attached hydrogen (secondary N) is 1. The van der Waals surface area contributed by atoms with E-state index in [-0.39, 0.29) is 5.91 Å². The third kappa shape index (κ3) is 3.82. The predicted molar refractivity (Wildman–Crippen MR) is 106 cm³/mol. The number of benzene rings is 1. The molecule has 0 bridgehead atoms. The first-order valence-electron chi connectivity index (χ1n) is 9.67. The fourth-order valence-electron chi connectivity index (χ4n) is 3.76. The van der Waals surface area contributed by atoms with Crippen LogP contribution in [0.2, 0.25) is 0 Å². The highest BCUT2D eigenvalue weighted by atomic mass is 16.1. The summed E-state index contributed by atoms with van der Waals surface area (Å²) in [6.45, 7) is 4.37. The number of rotatable bonds is 4. The van der Waals surface area contributed by atoms with Crippen molar-refractivity contribution in [2.75, 3.05) is 41.3 Å². The van der Waals surface area contributed by atoms with Crippen molar-refractivity contribution >= 4 is 23.1 Å². The van der Waals surface area contributed by atoms with Crippen LogP contribution in [0.4, 0.5) is 17.2 Å². The van der Waals surface area contributed by atoms with Gasteiger partial charge in [-0.2, -0.15) is 0 Å². The zero-order valence-corrected chi connectivity index (χ0v) is 15.2. The Morgan fingerprint density at radius 3 is 2.12 bits per heavy atom. The topological polar surface area (TPSA) is 48.5 Å². The summed E-state index contributed by atoms with van der Waals surface area (Å²) in [5.41, 5.74) is 2.64. The Labute approximate surface area is 155 Å². The number of hydrogen-bond acceptors (Lipinski definition) is 4. The summed E-state index contributed by atoms with van der Waals surface area (Å²) in [4.78, 5) is 21.6. The zero-order valence-electron chi connectivity index (χ0n) is 15.2. The van der Waals surface area contributed by atoms with Crippen molar-refractivity contribution in [3.63, 3.8) is 0 Å². The van der Waals surface area contributed by atoms with Gasteiger partial charge < -0.3 is 15.1 Å². The molecule has 5 heteroatoms. The second kappa shape index (κ2) is 7.77. The number of carbonyl (C=O) groups excluding carboxylic acids is 1. The Morgan fingerprint density at radius 1 is 0.808 bits per heavy atom. The summed E-state index contributed by atoms with van der Waals surface area (Å²) in [6.07, 6.45) is 7.94. The van der Waals surface area contributed by atoms with E-state index in [0.29, 0.717) is 5.56 Å². The predicted octanol–water partition coefficient (Wildman–Crippen LogP) is 3.92. The Balaban J connectivity index is 1.38. The number of aromatic nitrogens is 1. The summed E-state index contributed by atoms with van der Waals surface area (Å²) >= 11 is 0. The van der Waals surface area contributed by atoms with E-state index in [1.54, 1.807) is 6.20 Å². The van der Waals surface area contributed by atoms with Crippen LogP contribution in [0, 0.1) is 0 Å². The van der Waals surface area contributed by atoms with Crippen LogP contribution >= 0.6 is 0 Å². The van der Waals surface area contributed by atoms with Crippen LogP contribution in [0.1, 0.15) is 42.5 Å². The molecule has 2 aromatic rings. The third-order valence-corrected chi connectivity index (χ3v) is 5.29. The lowest BCUT2D eigenvalue weighted by Crippen LogP contribution is -2.30. The highest BCUT2D eigenvalue weighted by molar-refractivity contribution is 6.04. The van der Waals surface area contributed by atoms with E-state index in [0.717, 1.165) is 37.7 Å². The van der Waals surface area contributed by atoms with Gasteiger partial charge in [0.1, 0.15) is 5.82 Å². The van der Waals surface area contributed by atoms with E-state index in [1.165, 1.54) is 37.8 Å². The number of hydrogen-bond donors (Lipinski definition) is 1. The van der Waals surface area contributed by atoms with Gasteiger partial charge in [0, 0.05) is 43.8 Å². The van der Waals surface area contributed by atoms with Crippen molar-refractivity contribution < 1.29 is 4.79 Å². The molecule has 1 amide bonds. The van der Waals surface area contributed by atoms with Gasteiger partial charge in [0.15, 0.2) is 0 Å². The second-order valence-electron chi connectivity index (χ2n) is 7.15. The molecule has 1 N–H and O–H groups in total. The smallest absolute Gasteiger partial charge is 0.257 e. The summed E-state index contributed by atoms with van der Waals surface area (Å²) in [7, 11) is 0. The van der Waals surface area contributed by atoms with Crippen molar-refractivity contribution in [2.45, 2.75) is 32.1 Å². The van der Waals surface area contributed by atoms with Crippen molar-refractivity contribution in [3.8, 4) is 0 Å². The molecule has 5 nitrogen and oxygen atoms in total. The molecule has 0 spiro atoms. The fraction of sp³-hybridized carbons (Fsp3) is 0.429. The van der Waals surface area contributed by atoms with Crippen molar-refractivity contribution in [3.05, 3.63) is 48.2 Å². The molecule has 1 aromatic heterocycles. The molecule has 26 heavy (non-hydrogen) atoms. The molecule has 4 rings (SSSR count). The van der Waals surface area contributed by atoms with Crippen molar-refractivity contribution in [1.29, 1.82) is 0 Å². The molecular weight excluding hydrogens is 324 g/mol. The molecule has 3 heterocycles. The lowest BCUT2D eigenvalue weighted by atomic mass is 10.1. The van der Waals surface area contributed by atoms with E-state index in [2.05, 4.69) is 32.2 Å². The maximum atomic E-state index is 12.5. The standard InChI is InChI=1S/C21H26N4O/c26-21(17-6-11-20(22-16-17)25-14-2-1-3-15-25)23-18-7-9-19(10-8-18)24-12-4-5-13-24/h6-11,16H,1-5,12-15H2,(H,23,26). The minimum atomic E-state index is -0.114. The van der Waals surface area contributed by atoms with Gasteiger partial charge in [-0.3, -0.25) is 4.79 Å². The first-order chi connectivity index (χ1) is 12.8. The van der Waals surface area contributed by atoms with E-state index >= 15 is 0 Å². The number of piperidine rings is 1. The molecule has 2 fully saturated rings. The normalized spacial score (nSPS) is 17.4. The molecule has 0 unspecified atom stereocenters. The van der Waals surface area contributed by atoms with Gasteiger partial charge in [0.25, 0.3) is 5.91 Å². The third-order valence-electron chi connectivity index (χ3n) is 5.29. The lowest BCUT2D eigenvalue weighted by Gasteiger charge is -2.27. The minimum Gasteiger partial charge on any atom is -0.372 e. The van der Waals surface area contributed by atoms with Crippen LogP contribution in [0.5, 0.6) is 0 Å². The average Bonchev–Trinajstić information content (AvgIpc) is 3.24. The highest BCUT2D eigenvalue weighted by Gasteiger charge is 2.14. The molecule has 136 valence electrons. The van der Waals surface area contributed by atoms with Crippen molar-refractivity contribution in [2.24, 2.45) is 0 Å². The lowest BCUT2D eigenvalue weighted by molar-refractivity contribution is 0.102. The largest absolute Gasteiger partial charge is 0.372 e. The Kier molecular flexibility index (Phi) is 5.04. The summed E-state index contributed by atoms with van der Waals surface area (Å²) in [6, 6.07) is 11.9. The maximum Gasteiger partial charge on any atom is 0.257 e. The molecule has 0 saturated carbocycles. The van der Waals surface area contributed by atoms with Crippen LogP contribution in [0.25, 0.3) is 0 Å². The van der Waals surface area contributed by atoms with Crippen LogP contribution in [0.15, 0.2) is 42.6 Å². The number of carbonyl (C=O) groups is 1. The molecule has 0 radical (unpaired) electrons. The molecule has 2 aliphatic rings. The van der Waals surface area contributed by atoms with Gasteiger partial charge >= 0.3 is 0 Å². The molecule has 2 aliphatic heterocycles. The van der Waals surface area contributed by atoms with Gasteiger partial charge in [-0.25, -0.2) is 4.98 Å². The van der Waals surface area contributed by atoms with Crippen LogP contribution in [-0.4, -0.2) is 37.1 Å². The highest BCUT2D eigenvalue weighted by Crippen LogP contribution is 2.22. The molecule has 1 aromatic carbocycles. The van der Waals surface area contributed by atoms with E-state index in [9.17, 15) is 4.79 Å². The molecule has 2 saturated heterocycles. The van der Waals surface area contributed by atoms with Crippen LogP contribution < -0.4 is 15.1 Å². The van der Waals surface area contributed by atoms with Gasteiger partial charge in [0.05, 0.1) is 5.56 Å². The van der Waals surface area contributed by atoms with Gasteiger partial charge in [-0.05, 0) is 68.5 Å². The summed E-state index contributed by atoms with van der Waals surface area (Å²) in [5.74, 6) is 0.854. The number of nitrogens with zero attached hydrogens (tertiary/aromatic N) is 3. The Hall–Kier alpha value is -2.56. The van der Waals surface area contributed by atoms with Crippen LogP contribution in [-0.2, 0) is 0 Å². The van der Waals surface area contributed by atoms with E-state index in [4.69, 9.17) is 0 Å². The first-order valence-corrected chi connectivity index (χ1v) is 9.67. The van der Waals surface area contributed by atoms with Gasteiger partial charge in [0.2, 0.25) is 0 Å². The summed E-state index contributed by atoms with van der Waals surface area (Å²) < 4.78 is 0.